The van der Waals surface area contributed by atoms with Crippen molar-refractivity contribution in [2.45, 2.75) is 39.5 Å². The number of rotatable bonds is 9. The van der Waals surface area contributed by atoms with Gasteiger partial charge in [-0.15, -0.1) is 0 Å². The molecule has 0 fully saturated rings. The Labute approximate surface area is 175 Å². The first-order chi connectivity index (χ1) is 14.4. The number of aromatic nitrogens is 1. The Bertz CT molecular complexity index is 970. The second kappa shape index (κ2) is 10.0. The number of para-hydroxylation sites is 1. The van der Waals surface area contributed by atoms with E-state index in [-0.39, 0.29) is 23.5 Å². The SMILES string of the molecule is COc1ccccc1CN(Cc1ccc(F)cc1)Cc1nc(C(=O)NC(C)C)co1. The van der Waals surface area contributed by atoms with E-state index in [9.17, 15) is 9.18 Å². The van der Waals surface area contributed by atoms with Gasteiger partial charge < -0.3 is 14.5 Å². The Morgan fingerprint density at radius 2 is 1.87 bits per heavy atom. The Hall–Kier alpha value is -3.19. The number of oxazole rings is 1. The van der Waals surface area contributed by atoms with Gasteiger partial charge in [0.05, 0.1) is 13.7 Å². The van der Waals surface area contributed by atoms with Gasteiger partial charge in [-0.3, -0.25) is 9.69 Å². The molecule has 1 N–H and O–H groups in total. The number of hydrogen-bond donors (Lipinski definition) is 1. The lowest BCUT2D eigenvalue weighted by Crippen LogP contribution is -2.30. The summed E-state index contributed by atoms with van der Waals surface area (Å²) in [6, 6.07) is 14.2. The van der Waals surface area contributed by atoms with Crippen LogP contribution >= 0.6 is 0 Å². The van der Waals surface area contributed by atoms with E-state index >= 15 is 0 Å². The molecule has 0 aliphatic rings. The van der Waals surface area contributed by atoms with Gasteiger partial charge in [0.2, 0.25) is 5.89 Å². The van der Waals surface area contributed by atoms with Crippen LogP contribution in [0, 0.1) is 5.82 Å². The van der Waals surface area contributed by atoms with Crippen LogP contribution in [0.3, 0.4) is 0 Å². The van der Waals surface area contributed by atoms with Gasteiger partial charge >= 0.3 is 0 Å². The van der Waals surface area contributed by atoms with Crippen molar-refractivity contribution >= 4 is 5.91 Å². The molecule has 0 saturated carbocycles. The van der Waals surface area contributed by atoms with Gasteiger partial charge in [0.15, 0.2) is 5.69 Å². The summed E-state index contributed by atoms with van der Waals surface area (Å²) in [5, 5.41) is 2.80. The van der Waals surface area contributed by atoms with Crippen LogP contribution in [-0.2, 0) is 19.6 Å². The number of methoxy groups -OCH3 is 1. The zero-order valence-corrected chi connectivity index (χ0v) is 17.4. The molecule has 0 bridgehead atoms. The number of benzene rings is 2. The van der Waals surface area contributed by atoms with E-state index in [1.54, 1.807) is 19.2 Å². The van der Waals surface area contributed by atoms with Crippen molar-refractivity contribution < 1.29 is 18.3 Å². The molecule has 1 aromatic heterocycles. The molecule has 1 heterocycles. The van der Waals surface area contributed by atoms with Gasteiger partial charge in [0.1, 0.15) is 17.8 Å². The van der Waals surface area contributed by atoms with E-state index < -0.39 is 0 Å². The third-order valence-corrected chi connectivity index (χ3v) is 4.47. The highest BCUT2D eigenvalue weighted by Gasteiger charge is 2.17. The highest BCUT2D eigenvalue weighted by Crippen LogP contribution is 2.22. The maximum Gasteiger partial charge on any atom is 0.273 e. The van der Waals surface area contributed by atoms with E-state index in [1.807, 2.05) is 38.1 Å². The second-order valence-corrected chi connectivity index (χ2v) is 7.34. The van der Waals surface area contributed by atoms with Crippen LogP contribution in [0.15, 0.2) is 59.2 Å². The first kappa shape index (κ1) is 21.5. The molecule has 1 amide bonds. The van der Waals surface area contributed by atoms with Gasteiger partial charge in [-0.2, -0.15) is 0 Å². The van der Waals surface area contributed by atoms with Crippen molar-refractivity contribution in [3.8, 4) is 5.75 Å². The Balaban J connectivity index is 1.79. The molecule has 0 spiro atoms. The molecule has 3 rings (SSSR count). The molecular weight excluding hydrogens is 385 g/mol. The van der Waals surface area contributed by atoms with Crippen molar-refractivity contribution in [1.82, 2.24) is 15.2 Å². The lowest BCUT2D eigenvalue weighted by molar-refractivity contribution is 0.0938. The van der Waals surface area contributed by atoms with Gasteiger partial charge in [-0.25, -0.2) is 9.37 Å². The second-order valence-electron chi connectivity index (χ2n) is 7.34. The molecule has 0 aliphatic heterocycles. The van der Waals surface area contributed by atoms with Crippen molar-refractivity contribution in [3.63, 3.8) is 0 Å². The Morgan fingerprint density at radius 3 is 2.57 bits per heavy atom. The monoisotopic (exact) mass is 411 g/mol. The van der Waals surface area contributed by atoms with E-state index in [2.05, 4.69) is 15.2 Å². The molecule has 3 aromatic rings. The fourth-order valence-corrected chi connectivity index (χ4v) is 3.11. The minimum absolute atomic E-state index is 0.0122. The van der Waals surface area contributed by atoms with Gasteiger partial charge in [0, 0.05) is 24.7 Å². The molecule has 0 saturated heterocycles. The predicted molar refractivity (Wildman–Crippen MR) is 111 cm³/mol. The van der Waals surface area contributed by atoms with E-state index in [4.69, 9.17) is 9.15 Å². The third kappa shape index (κ3) is 5.90. The number of nitrogens with zero attached hydrogens (tertiary/aromatic N) is 2. The van der Waals surface area contributed by atoms with Crippen LogP contribution < -0.4 is 10.1 Å². The number of amides is 1. The van der Waals surface area contributed by atoms with Gasteiger partial charge in [-0.05, 0) is 37.6 Å². The number of nitrogens with one attached hydrogen (secondary N) is 1. The third-order valence-electron chi connectivity index (χ3n) is 4.47. The first-order valence-electron chi connectivity index (χ1n) is 9.78. The van der Waals surface area contributed by atoms with Gasteiger partial charge in [-0.1, -0.05) is 30.3 Å². The van der Waals surface area contributed by atoms with Crippen LogP contribution in [0.4, 0.5) is 4.39 Å². The molecule has 158 valence electrons. The van der Waals surface area contributed by atoms with Gasteiger partial charge in [0.25, 0.3) is 5.91 Å². The highest BCUT2D eigenvalue weighted by atomic mass is 19.1. The summed E-state index contributed by atoms with van der Waals surface area (Å²) in [5.41, 5.74) is 2.21. The summed E-state index contributed by atoms with van der Waals surface area (Å²) >= 11 is 0. The lowest BCUT2D eigenvalue weighted by atomic mass is 10.1. The quantitative estimate of drug-likeness (QED) is 0.573. The fourth-order valence-electron chi connectivity index (χ4n) is 3.11. The number of hydrogen-bond acceptors (Lipinski definition) is 5. The summed E-state index contributed by atoms with van der Waals surface area (Å²) in [4.78, 5) is 18.6. The Morgan fingerprint density at radius 1 is 1.13 bits per heavy atom. The molecule has 2 aromatic carbocycles. The van der Waals surface area contributed by atoms with Crippen molar-refractivity contribution in [2.24, 2.45) is 0 Å². The van der Waals surface area contributed by atoms with Crippen molar-refractivity contribution in [1.29, 1.82) is 0 Å². The number of halogens is 1. The maximum atomic E-state index is 13.3. The largest absolute Gasteiger partial charge is 0.496 e. The number of carbonyl (C=O) groups is 1. The first-order valence-corrected chi connectivity index (χ1v) is 9.78. The fraction of sp³-hybridized carbons (Fsp3) is 0.304. The summed E-state index contributed by atoms with van der Waals surface area (Å²) in [7, 11) is 1.64. The van der Waals surface area contributed by atoms with Crippen LogP contribution in [-0.4, -0.2) is 28.9 Å². The smallest absolute Gasteiger partial charge is 0.273 e. The molecule has 30 heavy (non-hydrogen) atoms. The molecule has 7 heteroatoms. The van der Waals surface area contributed by atoms with Crippen LogP contribution in [0.25, 0.3) is 0 Å². The molecule has 0 atom stereocenters. The number of carbonyl (C=O) groups excluding carboxylic acids is 1. The molecule has 0 aliphatic carbocycles. The predicted octanol–water partition coefficient (Wildman–Crippen LogP) is 4.16. The summed E-state index contributed by atoms with van der Waals surface area (Å²) in [5.74, 6) is 0.672. The zero-order chi connectivity index (χ0) is 21.5. The minimum atomic E-state index is -0.275. The van der Waals surface area contributed by atoms with E-state index in [1.165, 1.54) is 18.4 Å². The van der Waals surface area contributed by atoms with E-state index in [0.29, 0.717) is 25.5 Å². The zero-order valence-electron chi connectivity index (χ0n) is 17.4. The topological polar surface area (TPSA) is 67.6 Å². The summed E-state index contributed by atoms with van der Waals surface area (Å²) < 4.78 is 24.3. The average molecular weight is 411 g/mol. The Kier molecular flexibility index (Phi) is 7.19. The molecule has 6 nitrogen and oxygen atoms in total. The average Bonchev–Trinajstić information content (AvgIpc) is 3.18. The van der Waals surface area contributed by atoms with Crippen LogP contribution in [0.5, 0.6) is 5.75 Å². The maximum absolute atomic E-state index is 13.3. The van der Waals surface area contributed by atoms with E-state index in [0.717, 1.165) is 16.9 Å². The van der Waals surface area contributed by atoms with Crippen molar-refractivity contribution in [2.75, 3.05) is 7.11 Å². The lowest BCUT2D eigenvalue weighted by Gasteiger charge is -2.22. The summed E-state index contributed by atoms with van der Waals surface area (Å²) in [6.07, 6.45) is 1.37. The van der Waals surface area contributed by atoms with Crippen LogP contribution in [0.1, 0.15) is 41.4 Å². The number of ether oxygens (including phenoxy) is 1. The van der Waals surface area contributed by atoms with Crippen molar-refractivity contribution in [3.05, 3.63) is 83.3 Å². The highest BCUT2D eigenvalue weighted by molar-refractivity contribution is 5.92. The molecular formula is C23H26FN3O3. The normalized spacial score (nSPS) is 11.1. The standard InChI is InChI=1S/C23H26FN3O3/c1-16(2)25-23(28)20-15-30-22(26-20)14-27(12-17-8-10-19(24)11-9-17)13-18-6-4-5-7-21(18)29-3/h4-11,15-16H,12-14H2,1-3H3,(H,25,28). The van der Waals surface area contributed by atoms with Crippen LogP contribution in [0.2, 0.25) is 0 Å². The molecule has 0 radical (unpaired) electrons. The minimum Gasteiger partial charge on any atom is -0.496 e. The molecule has 0 unspecified atom stereocenters. The summed E-state index contributed by atoms with van der Waals surface area (Å²) in [6.45, 7) is 5.27.